The maximum absolute atomic E-state index is 14.2. The molecule has 10 heteroatoms. The first-order valence-corrected chi connectivity index (χ1v) is 13.0. The smallest absolute Gasteiger partial charge is 0.251 e. The molecule has 0 unspecified atom stereocenters. The van der Waals surface area contributed by atoms with E-state index in [9.17, 15) is 27.6 Å². The van der Waals surface area contributed by atoms with Crippen molar-refractivity contribution in [3.63, 3.8) is 0 Å². The summed E-state index contributed by atoms with van der Waals surface area (Å²) in [6.45, 7) is 1.47. The van der Waals surface area contributed by atoms with Crippen LogP contribution in [0.25, 0.3) is 22.0 Å². The van der Waals surface area contributed by atoms with Crippen molar-refractivity contribution in [1.82, 2.24) is 14.9 Å². The lowest BCUT2D eigenvalue weighted by molar-refractivity contribution is -0.122. The van der Waals surface area contributed by atoms with Gasteiger partial charge in [-0.05, 0) is 66.4 Å². The van der Waals surface area contributed by atoms with Crippen LogP contribution in [0.1, 0.15) is 33.2 Å². The molecule has 212 valence electrons. The van der Waals surface area contributed by atoms with E-state index in [1.54, 1.807) is 24.3 Å². The fourth-order valence-corrected chi connectivity index (χ4v) is 5.05. The van der Waals surface area contributed by atoms with E-state index in [2.05, 4.69) is 10.3 Å². The van der Waals surface area contributed by atoms with E-state index in [1.165, 1.54) is 29.0 Å². The Bertz CT molecular complexity index is 1880. The molecule has 2 aromatic heterocycles. The summed E-state index contributed by atoms with van der Waals surface area (Å²) in [5, 5.41) is 3.67. The van der Waals surface area contributed by atoms with E-state index in [1.807, 2.05) is 19.1 Å². The van der Waals surface area contributed by atoms with Gasteiger partial charge in [-0.15, -0.1) is 0 Å². The predicted molar refractivity (Wildman–Crippen MR) is 152 cm³/mol. The number of hydrogen-bond donors (Lipinski definition) is 2. The van der Waals surface area contributed by atoms with Crippen molar-refractivity contribution >= 4 is 22.7 Å². The van der Waals surface area contributed by atoms with Crippen molar-refractivity contribution in [3.8, 4) is 11.1 Å². The van der Waals surface area contributed by atoms with Gasteiger partial charge in [0.25, 0.3) is 11.5 Å². The molecule has 0 aliphatic heterocycles. The van der Waals surface area contributed by atoms with Gasteiger partial charge in [0.05, 0.1) is 22.8 Å². The lowest BCUT2D eigenvalue weighted by Gasteiger charge is -2.22. The third kappa shape index (κ3) is 5.92. The molecular formula is C32H25F3N4O3. The Labute approximate surface area is 238 Å². The Morgan fingerprint density at radius 1 is 0.952 bits per heavy atom. The molecule has 42 heavy (non-hydrogen) atoms. The summed E-state index contributed by atoms with van der Waals surface area (Å²) in [6.07, 6.45) is 1.40. The highest BCUT2D eigenvalue weighted by Crippen LogP contribution is 2.30. The predicted octanol–water partition coefficient (Wildman–Crippen LogP) is 4.99. The largest absolute Gasteiger partial charge is 0.366 e. The fraction of sp³-hybridized carbons (Fsp3) is 0.125. The molecule has 7 nitrogen and oxygen atoms in total. The van der Waals surface area contributed by atoms with Crippen LogP contribution < -0.4 is 16.6 Å². The van der Waals surface area contributed by atoms with Crippen molar-refractivity contribution < 1.29 is 22.8 Å². The first kappa shape index (κ1) is 28.3. The number of hydrogen-bond acceptors (Lipinski definition) is 4. The molecule has 0 aliphatic rings. The van der Waals surface area contributed by atoms with Crippen LogP contribution in [0.4, 0.5) is 13.2 Å². The van der Waals surface area contributed by atoms with E-state index < -0.39 is 35.3 Å². The zero-order valence-corrected chi connectivity index (χ0v) is 22.4. The lowest BCUT2D eigenvalue weighted by Crippen LogP contribution is -2.36. The van der Waals surface area contributed by atoms with Gasteiger partial charge < -0.3 is 11.1 Å². The number of aryl methyl sites for hydroxylation is 1. The molecule has 0 fully saturated rings. The minimum atomic E-state index is -0.962. The van der Waals surface area contributed by atoms with E-state index in [4.69, 9.17) is 5.73 Å². The number of pyridine rings is 2. The molecule has 5 aromatic rings. The molecule has 0 bridgehead atoms. The van der Waals surface area contributed by atoms with Crippen molar-refractivity contribution in [1.29, 1.82) is 0 Å². The summed E-state index contributed by atoms with van der Waals surface area (Å²) in [6, 6.07) is 17.8. The second kappa shape index (κ2) is 11.7. The Morgan fingerprint density at radius 2 is 1.69 bits per heavy atom. The number of rotatable bonds is 8. The highest BCUT2D eigenvalue weighted by Gasteiger charge is 2.23. The van der Waals surface area contributed by atoms with Gasteiger partial charge >= 0.3 is 0 Å². The molecule has 0 radical (unpaired) electrons. The van der Waals surface area contributed by atoms with Gasteiger partial charge in [0.15, 0.2) is 0 Å². The first-order chi connectivity index (χ1) is 20.1. The number of benzene rings is 3. The molecular weight excluding hydrogens is 545 g/mol. The summed E-state index contributed by atoms with van der Waals surface area (Å²) < 4.78 is 43.8. The van der Waals surface area contributed by atoms with Crippen molar-refractivity contribution in [2.24, 2.45) is 5.73 Å². The SMILES string of the molecule is Cc1cc(=O)n(CC(=O)N[C@@H](Cc2cc(F)cc(F)c2)c2ncccc2-c2ccc(F)c(C(N)=O)c2)c2ccccc12. The van der Waals surface area contributed by atoms with Gasteiger partial charge in [-0.25, -0.2) is 13.2 Å². The number of para-hydroxylation sites is 1. The van der Waals surface area contributed by atoms with Gasteiger partial charge in [-0.3, -0.25) is 23.9 Å². The average molecular weight is 571 g/mol. The molecule has 3 aromatic carbocycles. The van der Waals surface area contributed by atoms with Crippen LogP contribution in [0.3, 0.4) is 0 Å². The molecule has 2 amide bonds. The van der Waals surface area contributed by atoms with Crippen LogP contribution in [-0.2, 0) is 17.8 Å². The van der Waals surface area contributed by atoms with Crippen LogP contribution in [0.2, 0.25) is 0 Å². The molecule has 5 rings (SSSR count). The molecule has 3 N–H and O–H groups in total. The number of amides is 2. The van der Waals surface area contributed by atoms with Crippen LogP contribution >= 0.6 is 0 Å². The van der Waals surface area contributed by atoms with Crippen LogP contribution in [0.15, 0.2) is 89.9 Å². The van der Waals surface area contributed by atoms with Crippen LogP contribution in [0.5, 0.6) is 0 Å². The highest BCUT2D eigenvalue weighted by molar-refractivity contribution is 5.94. The minimum Gasteiger partial charge on any atom is -0.366 e. The van der Waals surface area contributed by atoms with Crippen molar-refractivity contribution in [2.75, 3.05) is 0 Å². The molecule has 1 atom stereocenters. The number of nitrogens with one attached hydrogen (secondary N) is 1. The van der Waals surface area contributed by atoms with Gasteiger partial charge in [0.1, 0.15) is 24.0 Å². The topological polar surface area (TPSA) is 107 Å². The fourth-order valence-electron chi connectivity index (χ4n) is 5.05. The van der Waals surface area contributed by atoms with Crippen LogP contribution in [0, 0.1) is 24.4 Å². The summed E-state index contributed by atoms with van der Waals surface area (Å²) in [5.74, 6) is -3.90. The second-order valence-electron chi connectivity index (χ2n) is 9.87. The van der Waals surface area contributed by atoms with E-state index in [0.29, 0.717) is 22.3 Å². The summed E-state index contributed by atoms with van der Waals surface area (Å²) in [4.78, 5) is 42.6. The monoisotopic (exact) mass is 570 g/mol. The number of carbonyl (C=O) groups is 2. The third-order valence-electron chi connectivity index (χ3n) is 6.94. The number of primary amides is 1. The van der Waals surface area contributed by atoms with Crippen LogP contribution in [-0.4, -0.2) is 21.4 Å². The minimum absolute atomic E-state index is 0.0716. The van der Waals surface area contributed by atoms with Crippen molar-refractivity contribution in [2.45, 2.75) is 25.9 Å². The summed E-state index contributed by atoms with van der Waals surface area (Å²) >= 11 is 0. The number of nitrogens with zero attached hydrogens (tertiary/aromatic N) is 2. The van der Waals surface area contributed by atoms with E-state index >= 15 is 0 Å². The van der Waals surface area contributed by atoms with Gasteiger partial charge in [-0.2, -0.15) is 0 Å². The average Bonchev–Trinajstić information content (AvgIpc) is 2.94. The van der Waals surface area contributed by atoms with Gasteiger partial charge in [0, 0.05) is 29.3 Å². The summed E-state index contributed by atoms with van der Waals surface area (Å²) in [5.41, 5.74) is 7.33. The van der Waals surface area contributed by atoms with Crippen molar-refractivity contribution in [3.05, 3.63) is 135 Å². The second-order valence-corrected chi connectivity index (χ2v) is 9.87. The number of fused-ring (bicyclic) bond motifs is 1. The Morgan fingerprint density at radius 3 is 2.43 bits per heavy atom. The number of nitrogens with two attached hydrogens (primary N) is 1. The molecule has 2 heterocycles. The quantitative estimate of drug-likeness (QED) is 0.274. The molecule has 0 saturated heterocycles. The standard InChI is InChI=1S/C32H25F3N4O3/c1-18-11-30(41)39(28-7-3-2-5-23(18)28)17-29(40)38-27(14-19-12-21(33)16-22(34)13-19)31-24(6-4-10-37-31)20-8-9-26(35)25(15-20)32(36)42/h2-13,15-16,27H,14,17H2,1H3,(H2,36,42)(H,38,40)/t27-/m0/s1. The molecule has 0 spiro atoms. The van der Waals surface area contributed by atoms with E-state index in [-0.39, 0.29) is 29.7 Å². The number of carbonyl (C=O) groups excluding carboxylic acids is 2. The normalized spacial score (nSPS) is 11.8. The maximum Gasteiger partial charge on any atom is 0.251 e. The number of halogens is 3. The highest BCUT2D eigenvalue weighted by atomic mass is 19.1. The molecule has 0 aliphatic carbocycles. The molecule has 0 saturated carbocycles. The Kier molecular flexibility index (Phi) is 7.88. The Balaban J connectivity index is 1.56. The zero-order valence-electron chi connectivity index (χ0n) is 22.4. The number of aromatic nitrogens is 2. The summed E-state index contributed by atoms with van der Waals surface area (Å²) in [7, 11) is 0. The van der Waals surface area contributed by atoms with E-state index in [0.717, 1.165) is 35.2 Å². The first-order valence-electron chi connectivity index (χ1n) is 13.0. The van der Waals surface area contributed by atoms with Gasteiger partial charge in [0.2, 0.25) is 5.91 Å². The lowest BCUT2D eigenvalue weighted by atomic mass is 9.94. The zero-order chi connectivity index (χ0) is 30.0. The van der Waals surface area contributed by atoms with Gasteiger partial charge in [-0.1, -0.05) is 30.3 Å². The maximum atomic E-state index is 14.2. The third-order valence-corrected chi connectivity index (χ3v) is 6.94. The Hall–Kier alpha value is -5.25.